The van der Waals surface area contributed by atoms with Crippen molar-refractivity contribution in [2.45, 2.75) is 27.7 Å². The third kappa shape index (κ3) is 4.47. The molecule has 0 spiro atoms. The van der Waals surface area contributed by atoms with Gasteiger partial charge in [0.15, 0.2) is 0 Å². The van der Waals surface area contributed by atoms with Crippen LogP contribution in [0.2, 0.25) is 5.02 Å². The van der Waals surface area contributed by atoms with Crippen LogP contribution < -0.4 is 10.6 Å². The quantitative estimate of drug-likeness (QED) is 0.406. The van der Waals surface area contributed by atoms with E-state index in [1.165, 1.54) is 0 Å². The van der Waals surface area contributed by atoms with Crippen molar-refractivity contribution in [3.05, 3.63) is 87.3 Å². The van der Waals surface area contributed by atoms with Gasteiger partial charge in [-0.05, 0) is 75.2 Å². The van der Waals surface area contributed by atoms with Crippen LogP contribution >= 0.6 is 11.6 Å². The molecule has 7 nitrogen and oxygen atoms in total. The number of hydrogen-bond acceptors (Lipinski definition) is 3. The summed E-state index contributed by atoms with van der Waals surface area (Å²) in [6.07, 6.45) is 1.64. The number of amides is 4. The predicted molar refractivity (Wildman–Crippen MR) is 133 cm³/mol. The number of anilines is 1. The molecule has 0 saturated carbocycles. The Morgan fingerprint density at radius 3 is 2.47 bits per heavy atom. The van der Waals surface area contributed by atoms with E-state index in [1.807, 2.05) is 64.1 Å². The first-order chi connectivity index (χ1) is 16.2. The molecule has 174 valence electrons. The fourth-order valence-corrected chi connectivity index (χ4v) is 4.16. The van der Waals surface area contributed by atoms with Crippen LogP contribution in [0.15, 0.2) is 54.2 Å². The van der Waals surface area contributed by atoms with E-state index in [0.717, 1.165) is 38.7 Å². The number of aryl methyl sites for hydroxylation is 2. The molecule has 0 bridgehead atoms. The summed E-state index contributed by atoms with van der Waals surface area (Å²) in [5.74, 6) is -1.00. The Morgan fingerprint density at radius 2 is 1.76 bits per heavy atom. The van der Waals surface area contributed by atoms with Crippen molar-refractivity contribution in [2.24, 2.45) is 0 Å². The Bertz CT molecular complexity index is 1340. The fraction of sp³-hybridized carbons (Fsp3) is 0.192. The van der Waals surface area contributed by atoms with Crippen LogP contribution in [0.1, 0.15) is 28.1 Å². The number of benzene rings is 2. The van der Waals surface area contributed by atoms with Gasteiger partial charge in [0.1, 0.15) is 12.2 Å². The lowest BCUT2D eigenvalue weighted by Crippen LogP contribution is -2.38. The molecular formula is C26H25ClN4O3. The number of hydrogen-bond donors (Lipinski definition) is 2. The van der Waals surface area contributed by atoms with Crippen molar-refractivity contribution in [3.63, 3.8) is 0 Å². The van der Waals surface area contributed by atoms with Gasteiger partial charge in [0.25, 0.3) is 5.91 Å². The first kappa shape index (κ1) is 23.3. The molecule has 4 rings (SSSR count). The van der Waals surface area contributed by atoms with E-state index in [2.05, 4.69) is 15.2 Å². The normalized spacial score (nSPS) is 14.6. The monoisotopic (exact) mass is 476 g/mol. The number of imide groups is 1. The molecule has 3 aromatic rings. The molecule has 0 aliphatic carbocycles. The van der Waals surface area contributed by atoms with Gasteiger partial charge in [-0.25, -0.2) is 9.69 Å². The molecule has 2 N–H and O–H groups in total. The number of carbonyl (C=O) groups excluding carboxylic acids is 3. The molecule has 0 unspecified atom stereocenters. The zero-order valence-electron chi connectivity index (χ0n) is 19.4. The number of halogens is 1. The molecule has 2 heterocycles. The lowest BCUT2D eigenvalue weighted by Gasteiger charge is -2.13. The summed E-state index contributed by atoms with van der Waals surface area (Å²) in [6.45, 7) is 7.42. The first-order valence-corrected chi connectivity index (χ1v) is 11.2. The van der Waals surface area contributed by atoms with Crippen LogP contribution in [0, 0.1) is 27.7 Å². The Labute approximate surface area is 203 Å². The summed E-state index contributed by atoms with van der Waals surface area (Å²) in [5.41, 5.74) is 6.31. The number of nitrogens with zero attached hydrogens (tertiary/aromatic N) is 2. The SMILES string of the molecule is Cc1ccc(NC(=O)CN2C(=O)N/C(=C/c3cc(C)n(-c4cccc(Cl)c4C)c3C)C2=O)cc1. The highest BCUT2D eigenvalue weighted by Crippen LogP contribution is 2.28. The summed E-state index contributed by atoms with van der Waals surface area (Å²) in [6, 6.07) is 14.3. The minimum Gasteiger partial charge on any atom is -0.325 e. The maximum absolute atomic E-state index is 12.9. The van der Waals surface area contributed by atoms with Crippen LogP contribution in [-0.4, -0.2) is 33.9 Å². The van der Waals surface area contributed by atoms with Crippen molar-refractivity contribution in [3.8, 4) is 5.69 Å². The van der Waals surface area contributed by atoms with Crippen LogP contribution in [-0.2, 0) is 9.59 Å². The maximum atomic E-state index is 12.9. The average molecular weight is 477 g/mol. The predicted octanol–water partition coefficient (Wildman–Crippen LogP) is 4.90. The van der Waals surface area contributed by atoms with Gasteiger partial charge in [-0.1, -0.05) is 35.4 Å². The standard InChI is InChI=1S/C26H25ClN4O3/c1-15-8-10-20(11-9-15)28-24(32)14-30-25(33)22(29-26(30)34)13-19-12-16(2)31(18(19)4)23-7-5-6-21(27)17(23)3/h5-13H,14H2,1-4H3,(H,28,32)(H,29,34)/b22-13+. The summed E-state index contributed by atoms with van der Waals surface area (Å²) < 4.78 is 2.06. The topological polar surface area (TPSA) is 83.4 Å². The van der Waals surface area contributed by atoms with Crippen molar-refractivity contribution < 1.29 is 14.4 Å². The summed E-state index contributed by atoms with van der Waals surface area (Å²) in [7, 11) is 0. The minimum atomic E-state index is -0.630. The van der Waals surface area contributed by atoms with Crippen LogP contribution in [0.5, 0.6) is 0 Å². The van der Waals surface area contributed by atoms with Gasteiger partial charge in [-0.15, -0.1) is 0 Å². The van der Waals surface area contributed by atoms with E-state index < -0.39 is 17.8 Å². The molecule has 1 fully saturated rings. The fourth-order valence-electron chi connectivity index (χ4n) is 3.99. The van der Waals surface area contributed by atoms with Crippen LogP contribution in [0.3, 0.4) is 0 Å². The molecule has 34 heavy (non-hydrogen) atoms. The molecule has 8 heteroatoms. The minimum absolute atomic E-state index is 0.121. The second kappa shape index (κ2) is 9.19. The van der Waals surface area contributed by atoms with E-state index >= 15 is 0 Å². The molecule has 0 atom stereocenters. The van der Waals surface area contributed by atoms with Gasteiger partial charge in [0.2, 0.25) is 5.91 Å². The zero-order valence-corrected chi connectivity index (χ0v) is 20.2. The second-order valence-electron chi connectivity index (χ2n) is 8.34. The molecule has 0 radical (unpaired) electrons. The van der Waals surface area contributed by atoms with Gasteiger partial charge in [-0.2, -0.15) is 0 Å². The Hall–Kier alpha value is -3.84. The number of rotatable bonds is 5. The zero-order chi connectivity index (χ0) is 24.6. The third-order valence-electron chi connectivity index (χ3n) is 5.85. The van der Waals surface area contributed by atoms with Gasteiger partial charge in [0.05, 0.1) is 0 Å². The highest BCUT2D eigenvalue weighted by Gasteiger charge is 2.35. The number of aromatic nitrogens is 1. The van der Waals surface area contributed by atoms with E-state index in [9.17, 15) is 14.4 Å². The largest absolute Gasteiger partial charge is 0.329 e. The molecule has 2 aromatic carbocycles. The van der Waals surface area contributed by atoms with E-state index in [-0.39, 0.29) is 12.2 Å². The summed E-state index contributed by atoms with van der Waals surface area (Å²) in [5, 5.41) is 5.96. The highest BCUT2D eigenvalue weighted by molar-refractivity contribution is 6.31. The van der Waals surface area contributed by atoms with Crippen molar-refractivity contribution in [2.75, 3.05) is 11.9 Å². The molecule has 1 aliphatic rings. The van der Waals surface area contributed by atoms with Gasteiger partial charge < -0.3 is 15.2 Å². The summed E-state index contributed by atoms with van der Waals surface area (Å²) in [4.78, 5) is 38.6. The van der Waals surface area contributed by atoms with E-state index in [0.29, 0.717) is 10.7 Å². The second-order valence-corrected chi connectivity index (χ2v) is 8.75. The number of nitrogens with one attached hydrogen (secondary N) is 2. The first-order valence-electron chi connectivity index (χ1n) is 10.8. The molecule has 1 aromatic heterocycles. The number of urea groups is 1. The molecular weight excluding hydrogens is 452 g/mol. The lowest BCUT2D eigenvalue weighted by atomic mass is 10.2. The van der Waals surface area contributed by atoms with Gasteiger partial charge in [0, 0.05) is 27.8 Å². The van der Waals surface area contributed by atoms with E-state index in [4.69, 9.17) is 11.6 Å². The maximum Gasteiger partial charge on any atom is 0.329 e. The average Bonchev–Trinajstić information content (AvgIpc) is 3.21. The molecule has 1 saturated heterocycles. The lowest BCUT2D eigenvalue weighted by molar-refractivity contribution is -0.127. The highest BCUT2D eigenvalue weighted by atomic mass is 35.5. The Morgan fingerprint density at radius 1 is 1.06 bits per heavy atom. The molecule has 1 aliphatic heterocycles. The Kier molecular flexibility index (Phi) is 6.30. The smallest absolute Gasteiger partial charge is 0.325 e. The Balaban J connectivity index is 1.55. The van der Waals surface area contributed by atoms with Crippen LogP contribution in [0.4, 0.5) is 10.5 Å². The third-order valence-corrected chi connectivity index (χ3v) is 6.26. The van der Waals surface area contributed by atoms with Gasteiger partial charge in [-0.3, -0.25) is 9.59 Å². The number of carbonyl (C=O) groups is 3. The van der Waals surface area contributed by atoms with E-state index in [1.54, 1.807) is 18.2 Å². The van der Waals surface area contributed by atoms with Crippen LogP contribution in [0.25, 0.3) is 11.8 Å². The summed E-state index contributed by atoms with van der Waals surface area (Å²) >= 11 is 6.31. The van der Waals surface area contributed by atoms with Crippen molar-refractivity contribution in [1.29, 1.82) is 0 Å². The van der Waals surface area contributed by atoms with Crippen molar-refractivity contribution >= 4 is 41.2 Å². The van der Waals surface area contributed by atoms with Gasteiger partial charge >= 0.3 is 6.03 Å². The van der Waals surface area contributed by atoms with Crippen molar-refractivity contribution in [1.82, 2.24) is 14.8 Å². The molecule has 4 amide bonds.